The maximum absolute atomic E-state index is 5.91. The maximum Gasteiger partial charge on any atom is 0.0745 e. The molecule has 0 radical (unpaired) electrons. The highest BCUT2D eigenvalue weighted by atomic mass is 28.3. The summed E-state index contributed by atoms with van der Waals surface area (Å²) in [7, 11) is -1.69. The fourth-order valence-electron chi connectivity index (χ4n) is 5.58. The number of fused-ring (bicyclic) bond motifs is 3. The van der Waals surface area contributed by atoms with Crippen LogP contribution >= 0.6 is 0 Å². The van der Waals surface area contributed by atoms with E-state index in [1.165, 1.54) is 42.9 Å². The number of ether oxygens (including phenoxy) is 1. The topological polar surface area (TPSA) is 9.23 Å². The van der Waals surface area contributed by atoms with Crippen molar-refractivity contribution in [3.05, 3.63) is 84.0 Å². The first-order valence-corrected chi connectivity index (χ1v) is 14.9. The summed E-state index contributed by atoms with van der Waals surface area (Å²) < 4.78 is 5.91. The molecule has 1 unspecified atom stereocenters. The number of allylic oxidation sites excluding steroid dienone is 4. The number of unbranched alkanes of at least 4 members (excludes halogenated alkanes) is 3. The molecule has 1 nitrogen and oxygen atoms in total. The van der Waals surface area contributed by atoms with Gasteiger partial charge in [0.25, 0.3) is 0 Å². The number of hydrogen-bond acceptors (Lipinski definition) is 1. The summed E-state index contributed by atoms with van der Waals surface area (Å²) in [6.07, 6.45) is 14.6. The van der Waals surface area contributed by atoms with Crippen LogP contribution in [0.15, 0.2) is 72.8 Å². The van der Waals surface area contributed by atoms with Crippen molar-refractivity contribution in [1.29, 1.82) is 0 Å². The summed E-state index contributed by atoms with van der Waals surface area (Å²) >= 11 is 0. The van der Waals surface area contributed by atoms with Gasteiger partial charge in [-0.05, 0) is 55.0 Å². The molecule has 2 aromatic carbocycles. The summed E-state index contributed by atoms with van der Waals surface area (Å²) in [5.74, 6) is 0. The van der Waals surface area contributed by atoms with E-state index in [1.807, 2.05) is 0 Å². The van der Waals surface area contributed by atoms with Crippen LogP contribution in [0.4, 0.5) is 0 Å². The molecule has 2 aromatic rings. The molecule has 2 aliphatic carbocycles. The minimum absolute atomic E-state index is 0.0180. The summed E-state index contributed by atoms with van der Waals surface area (Å²) in [6.45, 7) is 9.98. The zero-order valence-electron chi connectivity index (χ0n) is 19.7. The predicted octanol–water partition coefficient (Wildman–Crippen LogP) is 8.29. The van der Waals surface area contributed by atoms with E-state index in [4.69, 9.17) is 4.74 Å². The minimum Gasteiger partial charge on any atom is -0.376 e. The van der Waals surface area contributed by atoms with Gasteiger partial charge in [-0.15, -0.1) is 0 Å². The van der Waals surface area contributed by atoms with Gasteiger partial charge < -0.3 is 4.74 Å². The van der Waals surface area contributed by atoms with Crippen molar-refractivity contribution in [2.75, 3.05) is 6.61 Å². The molecule has 0 bridgehead atoms. The highest BCUT2D eigenvalue weighted by Gasteiger charge is 2.46. The lowest BCUT2D eigenvalue weighted by atomic mass is 10.1. The number of rotatable bonds is 9. The van der Waals surface area contributed by atoms with E-state index in [0.717, 1.165) is 6.61 Å². The molecule has 0 aromatic heterocycles. The van der Waals surface area contributed by atoms with Crippen LogP contribution in [-0.4, -0.2) is 20.3 Å². The lowest BCUT2D eigenvalue weighted by Crippen LogP contribution is -2.42. The smallest absolute Gasteiger partial charge is 0.0745 e. The van der Waals surface area contributed by atoms with Crippen molar-refractivity contribution in [1.82, 2.24) is 0 Å². The fraction of sp³-hybridized carbons (Fsp3) is 0.448. The Morgan fingerprint density at radius 2 is 1.32 bits per heavy atom. The molecule has 2 heteroatoms. The maximum atomic E-state index is 5.91. The molecule has 0 heterocycles. The molecule has 0 amide bonds. The Hall–Kier alpha value is -1.90. The van der Waals surface area contributed by atoms with Crippen molar-refractivity contribution in [2.24, 2.45) is 0 Å². The van der Waals surface area contributed by atoms with Gasteiger partial charge in [0.05, 0.1) is 13.7 Å². The van der Waals surface area contributed by atoms with Crippen LogP contribution in [0.5, 0.6) is 0 Å². The van der Waals surface area contributed by atoms with Crippen LogP contribution in [0.25, 0.3) is 11.1 Å². The van der Waals surface area contributed by atoms with Gasteiger partial charge in [0.1, 0.15) is 0 Å². The van der Waals surface area contributed by atoms with E-state index < -0.39 is 8.07 Å². The number of benzene rings is 2. The van der Waals surface area contributed by atoms with Crippen LogP contribution in [0.3, 0.4) is 0 Å². The molecule has 0 saturated heterocycles. The Morgan fingerprint density at radius 1 is 0.774 bits per heavy atom. The van der Waals surface area contributed by atoms with E-state index in [2.05, 4.69) is 100 Å². The molecule has 0 saturated carbocycles. The zero-order valence-corrected chi connectivity index (χ0v) is 20.7. The highest BCUT2D eigenvalue weighted by Crippen LogP contribution is 2.54. The summed E-state index contributed by atoms with van der Waals surface area (Å²) in [6, 6.07) is 19.7. The van der Waals surface area contributed by atoms with Crippen LogP contribution in [0, 0.1) is 0 Å². The van der Waals surface area contributed by atoms with Gasteiger partial charge in [-0.1, -0.05) is 105 Å². The zero-order chi connectivity index (χ0) is 21.9. The van der Waals surface area contributed by atoms with Crippen LogP contribution in [0.1, 0.15) is 63.1 Å². The molecule has 164 valence electrons. The Morgan fingerprint density at radius 3 is 1.90 bits per heavy atom. The molecule has 0 N–H and O–H groups in total. The SMILES string of the molecule is CC(C)(C)OCCCCCC[Si](C)(C1C=CC=C1)C1c2ccccc2-c2ccccc21. The van der Waals surface area contributed by atoms with Crippen molar-refractivity contribution >= 4 is 8.07 Å². The van der Waals surface area contributed by atoms with E-state index in [-0.39, 0.29) is 5.60 Å². The van der Waals surface area contributed by atoms with Crippen LogP contribution in [-0.2, 0) is 4.74 Å². The second-order valence-corrected chi connectivity index (χ2v) is 15.3. The average Bonchev–Trinajstić information content (AvgIpc) is 3.39. The molecule has 1 atom stereocenters. The lowest BCUT2D eigenvalue weighted by molar-refractivity contribution is -0.00471. The number of hydrogen-bond donors (Lipinski definition) is 0. The van der Waals surface area contributed by atoms with Gasteiger partial charge in [0.2, 0.25) is 0 Å². The summed E-state index contributed by atoms with van der Waals surface area (Å²) in [5.41, 5.74) is 7.27. The molecular weight excluding hydrogens is 392 g/mol. The third-order valence-corrected chi connectivity index (χ3v) is 12.4. The van der Waals surface area contributed by atoms with E-state index in [9.17, 15) is 0 Å². The second-order valence-electron chi connectivity index (χ2n) is 10.5. The highest BCUT2D eigenvalue weighted by molar-refractivity contribution is 6.83. The lowest BCUT2D eigenvalue weighted by Gasteiger charge is -2.39. The second kappa shape index (κ2) is 9.30. The first kappa shape index (κ1) is 22.3. The average molecular weight is 431 g/mol. The Labute approximate surface area is 190 Å². The molecule has 2 aliphatic rings. The predicted molar refractivity (Wildman–Crippen MR) is 136 cm³/mol. The molecule has 31 heavy (non-hydrogen) atoms. The third-order valence-electron chi connectivity index (χ3n) is 7.15. The molecule has 0 fully saturated rings. The Kier molecular flexibility index (Phi) is 6.69. The molecule has 4 rings (SSSR count). The normalized spacial score (nSPS) is 17.7. The van der Waals surface area contributed by atoms with Gasteiger partial charge in [-0.25, -0.2) is 0 Å². The largest absolute Gasteiger partial charge is 0.376 e. The van der Waals surface area contributed by atoms with Gasteiger partial charge in [-0.3, -0.25) is 0 Å². The Balaban J connectivity index is 1.51. The first-order chi connectivity index (χ1) is 14.9. The van der Waals surface area contributed by atoms with Crippen molar-refractivity contribution in [2.45, 2.75) is 75.7 Å². The molecule has 0 spiro atoms. The Bertz CT molecular complexity index is 894. The monoisotopic (exact) mass is 430 g/mol. The quantitative estimate of drug-likeness (QED) is 0.287. The van der Waals surface area contributed by atoms with E-state index in [1.54, 1.807) is 11.1 Å². The van der Waals surface area contributed by atoms with Gasteiger partial charge in [-0.2, -0.15) is 0 Å². The molecule has 0 aliphatic heterocycles. The van der Waals surface area contributed by atoms with Crippen molar-refractivity contribution in [3.8, 4) is 11.1 Å². The van der Waals surface area contributed by atoms with Crippen molar-refractivity contribution < 1.29 is 4.74 Å². The van der Waals surface area contributed by atoms with Crippen molar-refractivity contribution in [3.63, 3.8) is 0 Å². The summed E-state index contributed by atoms with van der Waals surface area (Å²) in [4.78, 5) is 0. The third kappa shape index (κ3) is 4.81. The van der Waals surface area contributed by atoms with Gasteiger partial charge >= 0.3 is 0 Å². The standard InChI is InChI=1S/C29H38OSi/c1-29(2,3)30-21-13-5-6-14-22-31(4,23-15-7-8-16-23)28-26-19-11-9-17-24(26)25-18-10-12-20-27(25)28/h7-12,15-20,23,28H,5-6,13-14,21-22H2,1-4H3. The molecular formula is C29H38OSi. The van der Waals surface area contributed by atoms with E-state index >= 15 is 0 Å². The van der Waals surface area contributed by atoms with Crippen LogP contribution in [0.2, 0.25) is 18.1 Å². The minimum atomic E-state index is -1.69. The summed E-state index contributed by atoms with van der Waals surface area (Å²) in [5, 5.41) is 0. The van der Waals surface area contributed by atoms with Crippen LogP contribution < -0.4 is 0 Å². The van der Waals surface area contributed by atoms with Gasteiger partial charge in [0.15, 0.2) is 0 Å². The van der Waals surface area contributed by atoms with E-state index in [0.29, 0.717) is 11.1 Å². The van der Waals surface area contributed by atoms with Gasteiger partial charge in [0, 0.05) is 12.1 Å². The fourth-order valence-corrected chi connectivity index (χ4v) is 10.6. The first-order valence-electron chi connectivity index (χ1n) is 12.1.